The predicted molar refractivity (Wildman–Crippen MR) is 89.1 cm³/mol. The molecule has 23 heavy (non-hydrogen) atoms. The van der Waals surface area contributed by atoms with Crippen LogP contribution in [0.4, 0.5) is 14.9 Å². The van der Waals surface area contributed by atoms with Gasteiger partial charge in [0.05, 0.1) is 0 Å². The Morgan fingerprint density at radius 3 is 3.09 bits per heavy atom. The predicted octanol–water partition coefficient (Wildman–Crippen LogP) is 2.25. The summed E-state index contributed by atoms with van der Waals surface area (Å²) < 4.78 is 13.4. The van der Waals surface area contributed by atoms with Gasteiger partial charge in [0.1, 0.15) is 5.82 Å². The van der Waals surface area contributed by atoms with Gasteiger partial charge in [0.2, 0.25) is 0 Å². The van der Waals surface area contributed by atoms with Crippen LogP contribution >= 0.6 is 0 Å². The molecule has 1 aromatic rings. The number of benzene rings is 1. The van der Waals surface area contributed by atoms with Crippen molar-refractivity contribution in [3.8, 4) is 0 Å². The van der Waals surface area contributed by atoms with E-state index < -0.39 is 0 Å². The molecular weight excluding hydrogens is 297 g/mol. The van der Waals surface area contributed by atoms with Gasteiger partial charge in [0.25, 0.3) is 0 Å². The van der Waals surface area contributed by atoms with Crippen molar-refractivity contribution in [1.82, 2.24) is 10.6 Å². The first-order valence-electron chi connectivity index (χ1n) is 8.27. The number of hydrogen-bond acceptors (Lipinski definition) is 3. The molecule has 2 atom stereocenters. The van der Waals surface area contributed by atoms with Gasteiger partial charge in [-0.2, -0.15) is 0 Å². The number of nitrogens with one attached hydrogen (secondary N) is 2. The zero-order valence-corrected chi connectivity index (χ0v) is 13.6. The highest BCUT2D eigenvalue weighted by Gasteiger charge is 2.22. The molecule has 1 aliphatic rings. The molecule has 0 saturated carbocycles. The van der Waals surface area contributed by atoms with Gasteiger partial charge in [-0.25, -0.2) is 9.18 Å². The van der Waals surface area contributed by atoms with E-state index in [0.29, 0.717) is 13.0 Å². The lowest BCUT2D eigenvalue weighted by atomic mass is 10.0. The second-order valence-corrected chi connectivity index (χ2v) is 6.15. The van der Waals surface area contributed by atoms with E-state index in [1.54, 1.807) is 6.07 Å². The van der Waals surface area contributed by atoms with Crippen LogP contribution in [0.25, 0.3) is 0 Å². The lowest BCUT2D eigenvalue weighted by Crippen LogP contribution is -2.52. The molecule has 1 heterocycles. The number of piperidine rings is 1. The fraction of sp³-hybridized carbons (Fsp3) is 0.588. The number of urea groups is 1. The number of halogens is 1. The highest BCUT2D eigenvalue weighted by molar-refractivity contribution is 5.74. The maximum absolute atomic E-state index is 13.4. The normalized spacial score (nSPS) is 19.3. The Hall–Kier alpha value is -1.82. The van der Waals surface area contributed by atoms with Crippen molar-refractivity contribution in [3.05, 3.63) is 30.1 Å². The van der Waals surface area contributed by atoms with E-state index in [2.05, 4.69) is 15.5 Å². The number of aliphatic hydroxyl groups is 1. The number of hydrogen-bond donors (Lipinski definition) is 3. The number of carbonyl (C=O) groups is 1. The van der Waals surface area contributed by atoms with E-state index in [1.807, 2.05) is 13.0 Å². The van der Waals surface area contributed by atoms with Gasteiger partial charge in [-0.15, -0.1) is 0 Å². The summed E-state index contributed by atoms with van der Waals surface area (Å²) in [4.78, 5) is 14.1. The zero-order chi connectivity index (χ0) is 16.7. The lowest BCUT2D eigenvalue weighted by molar-refractivity contribution is 0.229. The molecule has 0 aliphatic carbocycles. The summed E-state index contributed by atoms with van der Waals surface area (Å²) in [5.74, 6) is -0.243. The van der Waals surface area contributed by atoms with E-state index in [-0.39, 0.29) is 30.5 Å². The summed E-state index contributed by atoms with van der Waals surface area (Å²) >= 11 is 0. The summed E-state index contributed by atoms with van der Waals surface area (Å²) in [6, 6.07) is 6.47. The van der Waals surface area contributed by atoms with Gasteiger partial charge >= 0.3 is 6.03 Å². The van der Waals surface area contributed by atoms with Crippen LogP contribution in [-0.2, 0) is 0 Å². The molecule has 3 N–H and O–H groups in total. The molecular formula is C17H26FN3O2. The van der Waals surface area contributed by atoms with E-state index in [4.69, 9.17) is 5.11 Å². The van der Waals surface area contributed by atoms with Crippen LogP contribution in [0.3, 0.4) is 0 Å². The molecule has 2 amide bonds. The maximum atomic E-state index is 13.4. The standard InChI is InChI=1S/C17H26FN3O2/c1-13(5-4-10-22)19-17(23)20-15-7-3-9-21(12-15)16-8-2-6-14(18)11-16/h2,6,8,11,13,15,22H,3-5,7,9-10,12H2,1H3,(H2,19,20,23). The van der Waals surface area contributed by atoms with Gasteiger partial charge in [-0.1, -0.05) is 6.07 Å². The van der Waals surface area contributed by atoms with Gasteiger partial charge in [-0.05, 0) is 50.8 Å². The first-order chi connectivity index (χ1) is 11.1. The lowest BCUT2D eigenvalue weighted by Gasteiger charge is -2.35. The quantitative estimate of drug-likeness (QED) is 0.752. The molecule has 6 heteroatoms. The van der Waals surface area contributed by atoms with Crippen LogP contribution in [0.2, 0.25) is 0 Å². The Bertz CT molecular complexity index is 512. The average molecular weight is 323 g/mol. The zero-order valence-electron chi connectivity index (χ0n) is 13.6. The SMILES string of the molecule is CC(CCCO)NC(=O)NC1CCCN(c2cccc(F)c2)C1. The smallest absolute Gasteiger partial charge is 0.315 e. The third-order valence-electron chi connectivity index (χ3n) is 4.10. The molecule has 1 aliphatic heterocycles. The Morgan fingerprint density at radius 1 is 1.52 bits per heavy atom. The van der Waals surface area contributed by atoms with E-state index in [9.17, 15) is 9.18 Å². The number of carbonyl (C=O) groups excluding carboxylic acids is 1. The van der Waals surface area contributed by atoms with Crippen molar-refractivity contribution >= 4 is 11.7 Å². The number of rotatable bonds is 6. The van der Waals surface area contributed by atoms with Crippen LogP contribution in [-0.4, -0.2) is 42.9 Å². The average Bonchev–Trinajstić information content (AvgIpc) is 2.53. The molecule has 1 saturated heterocycles. The minimum absolute atomic E-state index is 0.0325. The Morgan fingerprint density at radius 2 is 2.35 bits per heavy atom. The topological polar surface area (TPSA) is 64.6 Å². The second kappa shape index (κ2) is 8.72. The molecule has 0 bridgehead atoms. The monoisotopic (exact) mass is 323 g/mol. The third kappa shape index (κ3) is 5.71. The number of nitrogens with zero attached hydrogens (tertiary/aromatic N) is 1. The molecule has 0 aromatic heterocycles. The minimum atomic E-state index is -0.243. The Labute approximate surface area is 136 Å². The molecule has 1 fully saturated rings. The van der Waals surface area contributed by atoms with E-state index in [1.165, 1.54) is 12.1 Å². The van der Waals surface area contributed by atoms with E-state index in [0.717, 1.165) is 31.5 Å². The van der Waals surface area contributed by atoms with Crippen molar-refractivity contribution < 1.29 is 14.3 Å². The Kier molecular flexibility index (Phi) is 6.65. The number of anilines is 1. The maximum Gasteiger partial charge on any atom is 0.315 e. The summed E-state index contributed by atoms with van der Waals surface area (Å²) in [5.41, 5.74) is 0.855. The molecule has 0 radical (unpaired) electrons. The fourth-order valence-electron chi connectivity index (χ4n) is 2.92. The largest absolute Gasteiger partial charge is 0.396 e. The van der Waals surface area contributed by atoms with Crippen LogP contribution in [0.15, 0.2) is 24.3 Å². The first-order valence-corrected chi connectivity index (χ1v) is 8.27. The summed E-state index contributed by atoms with van der Waals surface area (Å²) in [6.45, 7) is 3.62. The van der Waals surface area contributed by atoms with E-state index >= 15 is 0 Å². The van der Waals surface area contributed by atoms with Crippen LogP contribution in [0.1, 0.15) is 32.6 Å². The van der Waals surface area contributed by atoms with Crippen LogP contribution < -0.4 is 15.5 Å². The highest BCUT2D eigenvalue weighted by Crippen LogP contribution is 2.20. The number of amides is 2. The Balaban J connectivity index is 1.83. The highest BCUT2D eigenvalue weighted by atomic mass is 19.1. The van der Waals surface area contributed by atoms with Crippen molar-refractivity contribution in [1.29, 1.82) is 0 Å². The molecule has 2 rings (SSSR count). The third-order valence-corrected chi connectivity index (χ3v) is 4.10. The van der Waals surface area contributed by atoms with Crippen molar-refractivity contribution in [2.45, 2.75) is 44.7 Å². The van der Waals surface area contributed by atoms with Gasteiger partial charge in [0, 0.05) is 37.5 Å². The van der Waals surface area contributed by atoms with Crippen molar-refractivity contribution in [2.75, 3.05) is 24.6 Å². The molecule has 5 nitrogen and oxygen atoms in total. The molecule has 1 aromatic carbocycles. The summed E-state index contributed by atoms with van der Waals surface area (Å²) in [6.07, 6.45) is 3.31. The number of aliphatic hydroxyl groups excluding tert-OH is 1. The van der Waals surface area contributed by atoms with Crippen LogP contribution in [0, 0.1) is 5.82 Å². The van der Waals surface area contributed by atoms with Crippen molar-refractivity contribution in [3.63, 3.8) is 0 Å². The minimum Gasteiger partial charge on any atom is -0.396 e. The summed E-state index contributed by atoms with van der Waals surface area (Å²) in [5, 5.41) is 14.7. The second-order valence-electron chi connectivity index (χ2n) is 6.15. The molecule has 0 spiro atoms. The van der Waals surface area contributed by atoms with Gasteiger partial charge < -0.3 is 20.6 Å². The van der Waals surface area contributed by atoms with Crippen molar-refractivity contribution in [2.24, 2.45) is 0 Å². The molecule has 2 unspecified atom stereocenters. The van der Waals surface area contributed by atoms with Gasteiger partial charge in [0.15, 0.2) is 0 Å². The fourth-order valence-corrected chi connectivity index (χ4v) is 2.92. The van der Waals surface area contributed by atoms with Crippen LogP contribution in [0.5, 0.6) is 0 Å². The first kappa shape index (κ1) is 17.5. The van der Waals surface area contributed by atoms with Gasteiger partial charge in [-0.3, -0.25) is 0 Å². The molecule has 128 valence electrons. The summed E-state index contributed by atoms with van der Waals surface area (Å²) in [7, 11) is 0.